The molecule has 0 saturated heterocycles. The van der Waals surface area contributed by atoms with Gasteiger partial charge in [0, 0.05) is 28.2 Å². The molecule has 2 rings (SSSR count). The van der Waals surface area contributed by atoms with Crippen molar-refractivity contribution in [3.05, 3.63) is 62.6 Å². The highest BCUT2D eigenvalue weighted by molar-refractivity contribution is 6.36. The highest BCUT2D eigenvalue weighted by Crippen LogP contribution is 2.27. The largest absolute Gasteiger partial charge is 0.483 e. The smallest absolute Gasteiger partial charge is 0.261 e. The summed E-state index contributed by atoms with van der Waals surface area (Å²) in [5, 5.41) is 3.73. The molecule has 2 aromatic rings. The zero-order valence-electron chi connectivity index (χ0n) is 18.9. The number of rotatable bonds is 8. The lowest BCUT2D eigenvalue weighted by atomic mass is 10.1. The van der Waals surface area contributed by atoms with E-state index in [4.69, 9.17) is 27.9 Å². The second-order valence-electron chi connectivity index (χ2n) is 8.05. The molecule has 0 aliphatic carbocycles. The number of hydrogen-bond donors (Lipinski definition) is 1. The molecular formula is C24H30Cl2N2O3. The second kappa shape index (κ2) is 10.9. The van der Waals surface area contributed by atoms with E-state index in [1.807, 2.05) is 40.7 Å². The van der Waals surface area contributed by atoms with Crippen LogP contribution >= 0.6 is 23.2 Å². The van der Waals surface area contributed by atoms with E-state index >= 15 is 0 Å². The van der Waals surface area contributed by atoms with Crippen molar-refractivity contribution in [2.24, 2.45) is 0 Å². The molecule has 0 unspecified atom stereocenters. The van der Waals surface area contributed by atoms with Crippen LogP contribution in [0.25, 0.3) is 0 Å². The minimum atomic E-state index is -0.730. The van der Waals surface area contributed by atoms with E-state index in [1.54, 1.807) is 25.1 Å². The Morgan fingerprint density at radius 2 is 1.68 bits per heavy atom. The van der Waals surface area contributed by atoms with Crippen molar-refractivity contribution in [3.8, 4) is 5.75 Å². The first-order chi connectivity index (χ1) is 14.5. The third-order valence-electron chi connectivity index (χ3n) is 5.10. The maximum atomic E-state index is 13.2. The molecule has 1 atom stereocenters. The fourth-order valence-corrected chi connectivity index (χ4v) is 3.73. The van der Waals surface area contributed by atoms with Crippen LogP contribution < -0.4 is 10.1 Å². The van der Waals surface area contributed by atoms with Gasteiger partial charge in [0.1, 0.15) is 11.8 Å². The van der Waals surface area contributed by atoms with Gasteiger partial charge in [-0.2, -0.15) is 0 Å². The van der Waals surface area contributed by atoms with Crippen LogP contribution in [0.2, 0.25) is 10.0 Å². The number of ether oxygens (including phenoxy) is 1. The summed E-state index contributed by atoms with van der Waals surface area (Å²) >= 11 is 12.6. The number of amides is 2. The molecule has 0 fully saturated rings. The lowest BCUT2D eigenvalue weighted by molar-refractivity contribution is -0.142. The van der Waals surface area contributed by atoms with E-state index < -0.39 is 6.04 Å². The molecule has 1 N–H and O–H groups in total. The Balaban J connectivity index is 2.28. The Morgan fingerprint density at radius 1 is 1.06 bits per heavy atom. The van der Waals surface area contributed by atoms with Gasteiger partial charge in [-0.05, 0) is 76.4 Å². The Labute approximate surface area is 194 Å². The van der Waals surface area contributed by atoms with Gasteiger partial charge in [-0.15, -0.1) is 0 Å². The van der Waals surface area contributed by atoms with Crippen molar-refractivity contribution in [1.82, 2.24) is 10.2 Å². The van der Waals surface area contributed by atoms with Crippen molar-refractivity contribution < 1.29 is 14.3 Å². The molecule has 5 nitrogen and oxygen atoms in total. The number of halogens is 2. The number of hydrogen-bond acceptors (Lipinski definition) is 3. The predicted octanol–water partition coefficient (Wildman–Crippen LogP) is 5.24. The summed E-state index contributed by atoms with van der Waals surface area (Å²) in [6.45, 7) is 11.2. The van der Waals surface area contributed by atoms with Crippen LogP contribution in [-0.2, 0) is 16.1 Å². The lowest BCUT2D eigenvalue weighted by Gasteiger charge is -2.30. The zero-order valence-corrected chi connectivity index (χ0v) is 20.4. The van der Waals surface area contributed by atoms with Crippen LogP contribution in [0.3, 0.4) is 0 Å². The van der Waals surface area contributed by atoms with Gasteiger partial charge in [-0.3, -0.25) is 9.59 Å². The number of carbonyl (C=O) groups is 2. The van der Waals surface area contributed by atoms with Gasteiger partial charge < -0.3 is 15.0 Å². The van der Waals surface area contributed by atoms with Crippen molar-refractivity contribution in [2.75, 3.05) is 6.61 Å². The first kappa shape index (κ1) is 25.0. The van der Waals surface area contributed by atoms with E-state index in [1.165, 1.54) is 4.90 Å². The van der Waals surface area contributed by atoms with E-state index in [0.29, 0.717) is 21.4 Å². The number of aryl methyl sites for hydroxylation is 2. The SMILES string of the molecule is Cc1cc(C)c(C)c(OCC(=O)N(Cc2c(Cl)cccc2Cl)[C@@H](C)C(=O)NC(C)C)c1. The Bertz CT molecular complexity index is 940. The third-order valence-corrected chi connectivity index (χ3v) is 5.81. The molecule has 0 bridgehead atoms. The average Bonchev–Trinajstić information content (AvgIpc) is 2.68. The molecule has 0 heterocycles. The molecule has 0 aliphatic heterocycles. The lowest BCUT2D eigenvalue weighted by Crippen LogP contribution is -2.50. The number of carbonyl (C=O) groups excluding carboxylic acids is 2. The summed E-state index contributed by atoms with van der Waals surface area (Å²) in [7, 11) is 0. The summed E-state index contributed by atoms with van der Waals surface area (Å²) in [6, 6.07) is 8.34. The van der Waals surface area contributed by atoms with Crippen LogP contribution in [0.15, 0.2) is 30.3 Å². The van der Waals surface area contributed by atoms with Gasteiger partial charge in [0.25, 0.3) is 5.91 Å². The number of nitrogens with zero attached hydrogens (tertiary/aromatic N) is 1. The third kappa shape index (κ3) is 6.62. The van der Waals surface area contributed by atoms with Gasteiger partial charge in [0.15, 0.2) is 6.61 Å². The second-order valence-corrected chi connectivity index (χ2v) is 8.87. The van der Waals surface area contributed by atoms with Gasteiger partial charge >= 0.3 is 0 Å². The Kier molecular flexibility index (Phi) is 8.78. The van der Waals surface area contributed by atoms with Crippen LogP contribution in [-0.4, -0.2) is 35.4 Å². The normalized spacial score (nSPS) is 11.9. The molecule has 7 heteroatoms. The molecular weight excluding hydrogens is 435 g/mol. The molecule has 0 aromatic heterocycles. The summed E-state index contributed by atoms with van der Waals surface area (Å²) in [4.78, 5) is 27.3. The van der Waals surface area contributed by atoms with Gasteiger partial charge in [0.2, 0.25) is 5.91 Å². The monoisotopic (exact) mass is 464 g/mol. The van der Waals surface area contributed by atoms with E-state index in [-0.39, 0.29) is 31.0 Å². The van der Waals surface area contributed by atoms with Crippen molar-refractivity contribution in [1.29, 1.82) is 0 Å². The minimum Gasteiger partial charge on any atom is -0.483 e. The Hall–Kier alpha value is -2.24. The summed E-state index contributed by atoms with van der Waals surface area (Å²) < 4.78 is 5.86. The van der Waals surface area contributed by atoms with Crippen molar-refractivity contribution in [2.45, 2.75) is 60.2 Å². The molecule has 168 valence electrons. The zero-order chi connectivity index (χ0) is 23.3. The molecule has 0 saturated carbocycles. The molecule has 0 radical (unpaired) electrons. The van der Waals surface area contributed by atoms with Gasteiger partial charge in [0.05, 0.1) is 0 Å². The molecule has 2 amide bonds. The van der Waals surface area contributed by atoms with Crippen LogP contribution in [0.1, 0.15) is 43.0 Å². The quantitative estimate of drug-likeness (QED) is 0.580. The maximum Gasteiger partial charge on any atom is 0.261 e. The van der Waals surface area contributed by atoms with Crippen LogP contribution in [0, 0.1) is 20.8 Å². The van der Waals surface area contributed by atoms with E-state index in [2.05, 4.69) is 11.4 Å². The predicted molar refractivity (Wildman–Crippen MR) is 126 cm³/mol. The highest BCUT2D eigenvalue weighted by Gasteiger charge is 2.28. The Morgan fingerprint density at radius 3 is 2.26 bits per heavy atom. The number of benzene rings is 2. The maximum absolute atomic E-state index is 13.2. The fourth-order valence-electron chi connectivity index (χ4n) is 3.21. The van der Waals surface area contributed by atoms with Crippen LogP contribution in [0.5, 0.6) is 5.75 Å². The van der Waals surface area contributed by atoms with Crippen molar-refractivity contribution >= 4 is 35.0 Å². The van der Waals surface area contributed by atoms with E-state index in [9.17, 15) is 9.59 Å². The highest BCUT2D eigenvalue weighted by atomic mass is 35.5. The standard InChI is InChI=1S/C24H30Cl2N2O3/c1-14(2)27-24(30)18(6)28(12-19-20(25)8-7-9-21(19)26)23(29)13-31-22-11-15(3)10-16(4)17(22)5/h7-11,14,18H,12-13H2,1-6H3,(H,27,30)/t18-/m0/s1. The number of nitrogens with one attached hydrogen (secondary N) is 1. The molecule has 31 heavy (non-hydrogen) atoms. The van der Waals surface area contributed by atoms with E-state index in [0.717, 1.165) is 16.7 Å². The minimum absolute atomic E-state index is 0.0510. The summed E-state index contributed by atoms with van der Waals surface area (Å²) in [5.41, 5.74) is 3.71. The first-order valence-corrected chi connectivity index (χ1v) is 11.0. The molecule has 2 aromatic carbocycles. The summed E-state index contributed by atoms with van der Waals surface area (Å²) in [5.74, 6) is 0.0657. The van der Waals surface area contributed by atoms with Gasteiger partial charge in [-0.1, -0.05) is 35.3 Å². The van der Waals surface area contributed by atoms with Crippen LogP contribution in [0.4, 0.5) is 0 Å². The average molecular weight is 465 g/mol. The fraction of sp³-hybridized carbons (Fsp3) is 0.417. The molecule has 0 aliphatic rings. The first-order valence-electron chi connectivity index (χ1n) is 10.2. The van der Waals surface area contributed by atoms with Gasteiger partial charge in [-0.25, -0.2) is 0 Å². The van der Waals surface area contributed by atoms with Crippen molar-refractivity contribution in [3.63, 3.8) is 0 Å². The topological polar surface area (TPSA) is 58.6 Å². The summed E-state index contributed by atoms with van der Waals surface area (Å²) in [6.07, 6.45) is 0. The molecule has 0 spiro atoms.